The minimum absolute atomic E-state index is 0.0706. The Morgan fingerprint density at radius 1 is 1.31 bits per heavy atom. The number of aliphatic hydroxyl groups excluding tert-OH is 1. The summed E-state index contributed by atoms with van der Waals surface area (Å²) in [7, 11) is 0. The Morgan fingerprint density at radius 2 is 2.00 bits per heavy atom. The summed E-state index contributed by atoms with van der Waals surface area (Å²) in [5, 5.41) is 9.18. The smallest absolute Gasteiger partial charge is 0.0968 e. The van der Waals surface area contributed by atoms with Crippen molar-refractivity contribution < 1.29 is 9.84 Å². The van der Waals surface area contributed by atoms with Gasteiger partial charge in [-0.25, -0.2) is 0 Å². The van der Waals surface area contributed by atoms with E-state index in [0.29, 0.717) is 12.5 Å². The molecule has 0 aliphatic heterocycles. The molecule has 0 aliphatic rings. The molecule has 0 bridgehead atoms. The average molecular weight is 219 g/mol. The predicted octanol–water partition coefficient (Wildman–Crippen LogP) is 2.40. The van der Waals surface area contributed by atoms with E-state index < -0.39 is 0 Å². The number of hydrogen-bond donors (Lipinski definition) is 1. The van der Waals surface area contributed by atoms with Crippen LogP contribution in [0.4, 0.5) is 0 Å². The second-order valence-electron chi connectivity index (χ2n) is 2.35. The Bertz CT molecular complexity index is 238. The van der Waals surface area contributed by atoms with Gasteiger partial charge in [0.2, 0.25) is 0 Å². The maximum absolute atomic E-state index is 8.45. The normalized spacial score (nSPS) is 10.3. The maximum Gasteiger partial charge on any atom is 0.0968 e. The quantitative estimate of drug-likeness (QED) is 0.468. The van der Waals surface area contributed by atoms with Crippen molar-refractivity contribution in [3.8, 4) is 0 Å². The third kappa shape index (κ3) is 4.52. The van der Waals surface area contributed by atoms with E-state index in [-0.39, 0.29) is 6.61 Å². The molecule has 13 heavy (non-hydrogen) atoms. The summed E-state index contributed by atoms with van der Waals surface area (Å²) in [4.78, 5) is 1.11. The first-order valence-electron chi connectivity index (χ1n) is 3.90. The van der Waals surface area contributed by atoms with Crippen molar-refractivity contribution in [2.24, 2.45) is 0 Å². The number of rotatable bonds is 5. The van der Waals surface area contributed by atoms with Gasteiger partial charge in [-0.15, -0.1) is 0 Å². The number of aliphatic hydroxyl groups is 1. The van der Waals surface area contributed by atoms with Crippen LogP contribution in [0.5, 0.6) is 0 Å². The molecule has 1 rings (SSSR count). The van der Waals surface area contributed by atoms with Crippen molar-refractivity contribution in [3.05, 3.63) is 29.3 Å². The lowest BCUT2D eigenvalue weighted by atomic mass is 10.4. The highest BCUT2D eigenvalue weighted by Gasteiger charge is 1.93. The Morgan fingerprint density at radius 3 is 2.62 bits per heavy atom. The van der Waals surface area contributed by atoms with Crippen LogP contribution in [0.25, 0.3) is 0 Å². The predicted molar refractivity (Wildman–Crippen MR) is 55.2 cm³/mol. The van der Waals surface area contributed by atoms with Gasteiger partial charge in [0.25, 0.3) is 0 Å². The van der Waals surface area contributed by atoms with E-state index in [2.05, 4.69) is 0 Å². The molecule has 1 aromatic rings. The first-order chi connectivity index (χ1) is 6.33. The van der Waals surface area contributed by atoms with Gasteiger partial charge in [0.15, 0.2) is 0 Å². The van der Waals surface area contributed by atoms with E-state index in [4.69, 9.17) is 21.4 Å². The maximum atomic E-state index is 8.45. The van der Waals surface area contributed by atoms with Crippen molar-refractivity contribution in [1.82, 2.24) is 0 Å². The number of ether oxygens (including phenoxy) is 1. The zero-order valence-corrected chi connectivity index (χ0v) is 8.64. The highest BCUT2D eigenvalue weighted by atomic mass is 35.5. The van der Waals surface area contributed by atoms with Gasteiger partial charge in [-0.05, 0) is 24.3 Å². The largest absolute Gasteiger partial charge is 0.394 e. The molecule has 0 atom stereocenters. The van der Waals surface area contributed by atoms with Crippen LogP contribution in [0.1, 0.15) is 0 Å². The van der Waals surface area contributed by atoms with Crippen LogP contribution in [0.15, 0.2) is 29.2 Å². The van der Waals surface area contributed by atoms with Crippen molar-refractivity contribution in [2.45, 2.75) is 4.90 Å². The molecule has 0 saturated heterocycles. The molecule has 0 aliphatic carbocycles. The highest BCUT2D eigenvalue weighted by molar-refractivity contribution is 7.99. The summed E-state index contributed by atoms with van der Waals surface area (Å²) in [5.41, 5.74) is 0. The summed E-state index contributed by atoms with van der Waals surface area (Å²) in [6.07, 6.45) is 0. The van der Waals surface area contributed by atoms with E-state index in [1.807, 2.05) is 24.3 Å². The van der Waals surface area contributed by atoms with Gasteiger partial charge in [-0.3, -0.25) is 0 Å². The Kier molecular flexibility index (Phi) is 5.23. The molecular formula is C9H11ClO2S. The molecule has 0 spiro atoms. The first-order valence-corrected chi connectivity index (χ1v) is 5.26. The zero-order valence-electron chi connectivity index (χ0n) is 7.07. The Balaban J connectivity index is 2.25. The van der Waals surface area contributed by atoms with Crippen LogP contribution in [0.2, 0.25) is 5.02 Å². The molecule has 2 nitrogen and oxygen atoms in total. The molecule has 4 heteroatoms. The molecule has 0 fully saturated rings. The minimum atomic E-state index is 0.0706. The topological polar surface area (TPSA) is 29.5 Å². The molecule has 0 radical (unpaired) electrons. The van der Waals surface area contributed by atoms with E-state index in [9.17, 15) is 0 Å². The van der Waals surface area contributed by atoms with E-state index in [1.165, 1.54) is 0 Å². The van der Waals surface area contributed by atoms with E-state index in [0.717, 1.165) is 9.92 Å². The van der Waals surface area contributed by atoms with Gasteiger partial charge >= 0.3 is 0 Å². The van der Waals surface area contributed by atoms with Gasteiger partial charge in [0, 0.05) is 9.92 Å². The molecular weight excluding hydrogens is 208 g/mol. The lowest BCUT2D eigenvalue weighted by Crippen LogP contribution is -1.97. The summed E-state index contributed by atoms with van der Waals surface area (Å²) < 4.78 is 5.10. The van der Waals surface area contributed by atoms with Crippen LogP contribution >= 0.6 is 23.4 Å². The standard InChI is InChI=1S/C9H11ClO2S/c10-8-1-3-9(4-2-8)13-7-12-6-5-11/h1-4,11H,5-7H2. The summed E-state index contributed by atoms with van der Waals surface area (Å²) >= 11 is 7.30. The molecule has 0 saturated carbocycles. The second-order valence-corrected chi connectivity index (χ2v) is 3.78. The minimum Gasteiger partial charge on any atom is -0.394 e. The molecule has 1 aromatic carbocycles. The fourth-order valence-corrected chi connectivity index (χ4v) is 1.56. The van der Waals surface area contributed by atoms with Gasteiger partial charge < -0.3 is 9.84 Å². The average Bonchev–Trinajstić information content (AvgIpc) is 2.15. The first kappa shape index (κ1) is 10.9. The molecule has 0 heterocycles. The summed E-state index contributed by atoms with van der Waals surface area (Å²) in [6.45, 7) is 0.460. The molecule has 1 N–H and O–H groups in total. The SMILES string of the molecule is OCCOCSc1ccc(Cl)cc1. The monoisotopic (exact) mass is 218 g/mol. The van der Waals surface area contributed by atoms with Gasteiger partial charge in [-0.1, -0.05) is 23.4 Å². The van der Waals surface area contributed by atoms with Crippen LogP contribution in [0, 0.1) is 0 Å². The van der Waals surface area contributed by atoms with Crippen molar-refractivity contribution >= 4 is 23.4 Å². The van der Waals surface area contributed by atoms with Crippen molar-refractivity contribution in [1.29, 1.82) is 0 Å². The van der Waals surface area contributed by atoms with E-state index in [1.54, 1.807) is 11.8 Å². The lowest BCUT2D eigenvalue weighted by Gasteiger charge is -2.01. The Hall–Kier alpha value is -0.220. The number of benzene rings is 1. The highest BCUT2D eigenvalue weighted by Crippen LogP contribution is 2.19. The van der Waals surface area contributed by atoms with Gasteiger partial charge in [-0.2, -0.15) is 0 Å². The zero-order chi connectivity index (χ0) is 9.52. The van der Waals surface area contributed by atoms with Crippen molar-refractivity contribution in [3.63, 3.8) is 0 Å². The van der Waals surface area contributed by atoms with Crippen LogP contribution in [0.3, 0.4) is 0 Å². The van der Waals surface area contributed by atoms with Gasteiger partial charge in [0.1, 0.15) is 0 Å². The Labute approximate surface area is 86.9 Å². The molecule has 0 aromatic heterocycles. The number of hydrogen-bond acceptors (Lipinski definition) is 3. The van der Waals surface area contributed by atoms with Crippen LogP contribution in [-0.4, -0.2) is 24.3 Å². The fourth-order valence-electron chi connectivity index (χ4n) is 0.764. The van der Waals surface area contributed by atoms with Crippen LogP contribution in [-0.2, 0) is 4.74 Å². The second kappa shape index (κ2) is 6.27. The van der Waals surface area contributed by atoms with Crippen molar-refractivity contribution in [2.75, 3.05) is 19.2 Å². The molecule has 0 amide bonds. The summed E-state index contributed by atoms with van der Waals surface area (Å²) in [5.74, 6) is 0.558. The fraction of sp³-hybridized carbons (Fsp3) is 0.333. The third-order valence-corrected chi connectivity index (χ3v) is 2.50. The van der Waals surface area contributed by atoms with Gasteiger partial charge in [0.05, 0.1) is 19.2 Å². The van der Waals surface area contributed by atoms with E-state index >= 15 is 0 Å². The molecule has 0 unspecified atom stereocenters. The lowest BCUT2D eigenvalue weighted by molar-refractivity contribution is 0.125. The number of halogens is 1. The molecule has 72 valence electrons. The van der Waals surface area contributed by atoms with Crippen LogP contribution < -0.4 is 0 Å². The third-order valence-electron chi connectivity index (χ3n) is 1.36. The number of thioether (sulfide) groups is 1. The summed E-state index contributed by atoms with van der Waals surface area (Å²) in [6, 6.07) is 7.57.